The van der Waals surface area contributed by atoms with Crippen LogP contribution in [-0.4, -0.2) is 5.91 Å². The molecule has 0 aliphatic heterocycles. The second-order valence-electron chi connectivity index (χ2n) is 7.69. The normalized spacial score (nSPS) is 11.9. The van der Waals surface area contributed by atoms with Gasteiger partial charge in [0.15, 0.2) is 0 Å². The van der Waals surface area contributed by atoms with Crippen LogP contribution in [0, 0.1) is 27.7 Å². The second-order valence-corrected chi connectivity index (χ2v) is 7.69. The van der Waals surface area contributed by atoms with Crippen LogP contribution >= 0.6 is 0 Å². The summed E-state index contributed by atoms with van der Waals surface area (Å²) in [6.07, 6.45) is 1.23. The van der Waals surface area contributed by atoms with Crippen LogP contribution in [-0.2, 0) is 11.2 Å². The third-order valence-electron chi connectivity index (χ3n) is 5.39. The Bertz CT molecular complexity index is 959. The minimum atomic E-state index is -0.131. The molecule has 0 spiro atoms. The van der Waals surface area contributed by atoms with Crippen molar-refractivity contribution in [3.8, 4) is 0 Å². The molecule has 2 heteroatoms. The van der Waals surface area contributed by atoms with E-state index in [-0.39, 0.29) is 11.9 Å². The lowest BCUT2D eigenvalue weighted by molar-refractivity contribution is -0.121. The molecule has 0 radical (unpaired) electrons. The third-order valence-corrected chi connectivity index (χ3v) is 5.39. The van der Waals surface area contributed by atoms with E-state index in [9.17, 15) is 4.79 Å². The summed E-state index contributed by atoms with van der Waals surface area (Å²) in [4.78, 5) is 12.8. The summed E-state index contributed by atoms with van der Waals surface area (Å²) >= 11 is 0. The second kappa shape index (κ2) is 8.88. The predicted octanol–water partition coefficient (Wildman–Crippen LogP) is 5.76. The number of hydrogen-bond acceptors (Lipinski definition) is 1. The zero-order valence-corrected chi connectivity index (χ0v) is 17.3. The number of rotatable bonds is 6. The van der Waals surface area contributed by atoms with E-state index in [1.165, 1.54) is 27.8 Å². The molecule has 0 heterocycles. The maximum absolute atomic E-state index is 12.8. The zero-order chi connectivity index (χ0) is 20.1. The molecule has 0 fully saturated rings. The van der Waals surface area contributed by atoms with Crippen molar-refractivity contribution >= 4 is 5.91 Å². The van der Waals surface area contributed by atoms with Crippen LogP contribution in [0.4, 0.5) is 0 Å². The summed E-state index contributed by atoms with van der Waals surface area (Å²) in [5.41, 5.74) is 8.45. The molecule has 1 N–H and O–H groups in total. The van der Waals surface area contributed by atoms with Gasteiger partial charge in [0.05, 0.1) is 6.04 Å². The number of amides is 1. The van der Waals surface area contributed by atoms with Gasteiger partial charge in [-0.2, -0.15) is 0 Å². The van der Waals surface area contributed by atoms with Crippen molar-refractivity contribution in [1.29, 1.82) is 0 Å². The molecule has 0 aliphatic rings. The standard InChI is InChI=1S/C26H29NO/c1-18-10-14-24(21(4)16-18)26(23-8-6-5-7-9-23)27-25(28)15-13-22-12-11-19(2)20(3)17-22/h5-12,14,16-17,26H,13,15H2,1-4H3,(H,27,28)/t26-/m1/s1. The molecular weight excluding hydrogens is 342 g/mol. The fraction of sp³-hybridized carbons (Fsp3) is 0.269. The highest BCUT2D eigenvalue weighted by Gasteiger charge is 2.18. The van der Waals surface area contributed by atoms with Gasteiger partial charge < -0.3 is 5.32 Å². The molecule has 1 atom stereocenters. The Labute approximate surface area is 168 Å². The van der Waals surface area contributed by atoms with Gasteiger partial charge in [0.2, 0.25) is 5.91 Å². The van der Waals surface area contributed by atoms with Gasteiger partial charge in [0.25, 0.3) is 0 Å². The topological polar surface area (TPSA) is 29.1 Å². The first-order valence-corrected chi connectivity index (χ1v) is 9.91. The summed E-state index contributed by atoms with van der Waals surface area (Å²) in [7, 11) is 0. The molecule has 0 aromatic heterocycles. The van der Waals surface area contributed by atoms with Gasteiger partial charge in [-0.15, -0.1) is 0 Å². The van der Waals surface area contributed by atoms with E-state index in [0.717, 1.165) is 17.5 Å². The van der Waals surface area contributed by atoms with Crippen LogP contribution in [0.2, 0.25) is 0 Å². The lowest BCUT2D eigenvalue weighted by Crippen LogP contribution is -2.30. The largest absolute Gasteiger partial charge is 0.345 e. The molecule has 1 amide bonds. The van der Waals surface area contributed by atoms with Crippen molar-refractivity contribution in [3.05, 3.63) is 106 Å². The maximum atomic E-state index is 12.8. The first-order chi connectivity index (χ1) is 13.4. The molecular formula is C26H29NO. The quantitative estimate of drug-likeness (QED) is 0.586. The molecule has 0 saturated carbocycles. The number of benzene rings is 3. The van der Waals surface area contributed by atoms with Gasteiger partial charge in [-0.25, -0.2) is 0 Å². The highest BCUT2D eigenvalue weighted by atomic mass is 16.1. The van der Waals surface area contributed by atoms with Crippen molar-refractivity contribution in [2.24, 2.45) is 0 Å². The van der Waals surface area contributed by atoms with E-state index in [1.807, 2.05) is 18.2 Å². The molecule has 28 heavy (non-hydrogen) atoms. The van der Waals surface area contributed by atoms with E-state index < -0.39 is 0 Å². The first kappa shape index (κ1) is 19.9. The molecule has 0 aliphatic carbocycles. The van der Waals surface area contributed by atoms with E-state index in [1.54, 1.807) is 0 Å². The fourth-order valence-corrected chi connectivity index (χ4v) is 3.59. The maximum Gasteiger partial charge on any atom is 0.221 e. The Morgan fingerprint density at radius 3 is 2.25 bits per heavy atom. The average molecular weight is 372 g/mol. The summed E-state index contributed by atoms with van der Waals surface area (Å²) < 4.78 is 0. The molecule has 3 aromatic rings. The van der Waals surface area contributed by atoms with Gasteiger partial charge >= 0.3 is 0 Å². The Morgan fingerprint density at radius 2 is 1.57 bits per heavy atom. The van der Waals surface area contributed by atoms with Gasteiger partial charge in [-0.1, -0.05) is 72.3 Å². The van der Waals surface area contributed by atoms with Gasteiger partial charge in [0.1, 0.15) is 0 Å². The van der Waals surface area contributed by atoms with Crippen LogP contribution in [0.5, 0.6) is 0 Å². The minimum absolute atomic E-state index is 0.0760. The van der Waals surface area contributed by atoms with Gasteiger partial charge in [0, 0.05) is 6.42 Å². The van der Waals surface area contributed by atoms with Crippen molar-refractivity contribution in [1.82, 2.24) is 5.32 Å². The Balaban J connectivity index is 1.77. The molecule has 0 bridgehead atoms. The van der Waals surface area contributed by atoms with Crippen molar-refractivity contribution in [2.45, 2.75) is 46.6 Å². The minimum Gasteiger partial charge on any atom is -0.345 e. The van der Waals surface area contributed by atoms with E-state index in [0.29, 0.717) is 6.42 Å². The summed E-state index contributed by atoms with van der Waals surface area (Å²) in [5, 5.41) is 3.27. The van der Waals surface area contributed by atoms with Gasteiger partial charge in [-0.3, -0.25) is 4.79 Å². The highest BCUT2D eigenvalue weighted by Crippen LogP contribution is 2.26. The molecule has 0 unspecified atom stereocenters. The van der Waals surface area contributed by atoms with Crippen molar-refractivity contribution < 1.29 is 4.79 Å². The fourth-order valence-electron chi connectivity index (χ4n) is 3.59. The van der Waals surface area contributed by atoms with Crippen molar-refractivity contribution in [3.63, 3.8) is 0 Å². The Kier molecular flexibility index (Phi) is 6.30. The Hall–Kier alpha value is -2.87. The summed E-state index contributed by atoms with van der Waals surface area (Å²) in [5.74, 6) is 0.0760. The highest BCUT2D eigenvalue weighted by molar-refractivity contribution is 5.77. The van der Waals surface area contributed by atoms with Crippen LogP contribution in [0.15, 0.2) is 66.7 Å². The van der Waals surface area contributed by atoms with Crippen LogP contribution < -0.4 is 5.32 Å². The zero-order valence-electron chi connectivity index (χ0n) is 17.3. The molecule has 2 nitrogen and oxygen atoms in total. The smallest absolute Gasteiger partial charge is 0.221 e. The number of aryl methyl sites for hydroxylation is 5. The third kappa shape index (κ3) is 4.89. The molecule has 3 aromatic carbocycles. The van der Waals surface area contributed by atoms with Gasteiger partial charge in [-0.05, 0) is 67.5 Å². The SMILES string of the molecule is Cc1ccc([C@H](NC(=O)CCc2ccc(C)c(C)c2)c2ccccc2)c(C)c1. The van der Waals surface area contributed by atoms with Crippen LogP contribution in [0.25, 0.3) is 0 Å². The Morgan fingerprint density at radius 1 is 0.821 bits per heavy atom. The van der Waals surface area contributed by atoms with E-state index in [2.05, 4.69) is 81.5 Å². The summed E-state index contributed by atoms with van der Waals surface area (Å²) in [6, 6.07) is 22.9. The van der Waals surface area contributed by atoms with E-state index >= 15 is 0 Å². The lowest BCUT2D eigenvalue weighted by Gasteiger charge is -2.22. The number of hydrogen-bond donors (Lipinski definition) is 1. The molecule has 3 rings (SSSR count). The number of carbonyl (C=O) groups is 1. The summed E-state index contributed by atoms with van der Waals surface area (Å²) in [6.45, 7) is 8.43. The number of carbonyl (C=O) groups excluding carboxylic acids is 1. The van der Waals surface area contributed by atoms with Crippen molar-refractivity contribution in [2.75, 3.05) is 0 Å². The lowest BCUT2D eigenvalue weighted by atomic mass is 9.93. The number of nitrogens with one attached hydrogen (secondary N) is 1. The average Bonchev–Trinajstić information content (AvgIpc) is 2.68. The van der Waals surface area contributed by atoms with Crippen LogP contribution in [0.3, 0.4) is 0 Å². The van der Waals surface area contributed by atoms with Crippen LogP contribution in [0.1, 0.15) is 51.4 Å². The molecule has 144 valence electrons. The molecule has 0 saturated heterocycles. The van der Waals surface area contributed by atoms with E-state index in [4.69, 9.17) is 0 Å². The predicted molar refractivity (Wildman–Crippen MR) is 117 cm³/mol. The monoisotopic (exact) mass is 371 g/mol. The first-order valence-electron chi connectivity index (χ1n) is 9.91.